The molecule has 3 rings (SSSR count). The molecular formula is C17H26ClF2N3O3. The first-order chi connectivity index (χ1) is 11.8. The van der Waals surface area contributed by atoms with Crippen LogP contribution in [0, 0.1) is 5.92 Å². The van der Waals surface area contributed by atoms with Gasteiger partial charge in [0.05, 0.1) is 12.1 Å². The standard InChI is InChI=1S/C17H25F2N3O3.ClH/c1-3-21-8-11(17(24)25)16(23)10-6-12(18)15(13(19)14(10)21)22-5-4-20-9(2)7-22;/h8-10,12-15,20H,3-7H2,1-2H3,(H,24,25);1H. The number of halogens is 3. The number of carboxylic acid groups (broad SMARTS) is 1. The minimum atomic E-state index is -1.55. The van der Waals surface area contributed by atoms with Crippen LogP contribution in [-0.4, -0.2) is 83.3 Å². The Bertz CT molecular complexity index is 592. The van der Waals surface area contributed by atoms with E-state index < -0.39 is 42.1 Å². The number of alkyl halides is 2. The van der Waals surface area contributed by atoms with E-state index in [2.05, 4.69) is 5.32 Å². The number of carboxylic acids is 1. The van der Waals surface area contributed by atoms with Gasteiger partial charge < -0.3 is 15.3 Å². The van der Waals surface area contributed by atoms with Gasteiger partial charge in [-0.1, -0.05) is 0 Å². The molecule has 0 radical (unpaired) electrons. The first-order valence-corrected chi connectivity index (χ1v) is 8.85. The van der Waals surface area contributed by atoms with E-state index in [1.807, 2.05) is 11.8 Å². The molecule has 0 amide bonds. The van der Waals surface area contributed by atoms with Crippen LogP contribution in [0.4, 0.5) is 8.78 Å². The Kier molecular flexibility index (Phi) is 6.63. The van der Waals surface area contributed by atoms with Gasteiger partial charge in [0.25, 0.3) is 0 Å². The summed E-state index contributed by atoms with van der Waals surface area (Å²) in [5.41, 5.74) is -0.378. The SMILES string of the molecule is CCN1C=C(C(=O)O)C(=O)C2CC(F)C(N3CCNC(C)C3)C(F)C21.Cl. The van der Waals surface area contributed by atoms with E-state index in [-0.39, 0.29) is 30.4 Å². The highest BCUT2D eigenvalue weighted by Gasteiger charge is 2.54. The fraction of sp³-hybridized carbons (Fsp3) is 0.765. The maximum atomic E-state index is 15.4. The fourth-order valence-corrected chi connectivity index (χ4v) is 4.46. The van der Waals surface area contributed by atoms with E-state index in [1.54, 1.807) is 11.8 Å². The number of nitrogens with zero attached hydrogens (tertiary/aromatic N) is 2. The largest absolute Gasteiger partial charge is 0.478 e. The van der Waals surface area contributed by atoms with Crippen LogP contribution < -0.4 is 5.32 Å². The molecule has 6 nitrogen and oxygen atoms in total. The van der Waals surface area contributed by atoms with Crippen LogP contribution in [0.5, 0.6) is 0 Å². The van der Waals surface area contributed by atoms with Crippen molar-refractivity contribution in [1.82, 2.24) is 15.1 Å². The van der Waals surface area contributed by atoms with Crippen molar-refractivity contribution in [2.24, 2.45) is 5.92 Å². The van der Waals surface area contributed by atoms with Gasteiger partial charge in [0, 0.05) is 44.3 Å². The number of aliphatic carboxylic acids is 1. The Hall–Kier alpha value is -1.25. The number of ketones is 1. The second-order valence-corrected chi connectivity index (χ2v) is 7.18. The average Bonchev–Trinajstić information content (AvgIpc) is 2.55. The number of carbonyl (C=O) groups excluding carboxylic acids is 1. The summed E-state index contributed by atoms with van der Waals surface area (Å²) in [5.74, 6) is -2.94. The second kappa shape index (κ2) is 8.19. The first kappa shape index (κ1) is 21.1. The van der Waals surface area contributed by atoms with Crippen LogP contribution in [0.1, 0.15) is 20.3 Å². The van der Waals surface area contributed by atoms with Crippen molar-refractivity contribution in [1.29, 1.82) is 0 Å². The lowest BCUT2D eigenvalue weighted by atomic mass is 9.72. The molecule has 0 bridgehead atoms. The summed E-state index contributed by atoms with van der Waals surface area (Å²) in [6.45, 7) is 5.91. The summed E-state index contributed by atoms with van der Waals surface area (Å²) in [4.78, 5) is 27.1. The molecule has 2 N–H and O–H groups in total. The third-order valence-corrected chi connectivity index (χ3v) is 5.61. The number of carbonyl (C=O) groups is 2. The van der Waals surface area contributed by atoms with Crippen LogP contribution in [0.3, 0.4) is 0 Å². The fourth-order valence-electron chi connectivity index (χ4n) is 4.46. The number of rotatable bonds is 3. The normalized spacial score (nSPS) is 38.2. The molecule has 2 fully saturated rings. The quantitative estimate of drug-likeness (QED) is 0.697. The van der Waals surface area contributed by atoms with Crippen molar-refractivity contribution in [3.63, 3.8) is 0 Å². The third-order valence-electron chi connectivity index (χ3n) is 5.61. The minimum Gasteiger partial charge on any atom is -0.478 e. The van der Waals surface area contributed by atoms with Crippen LogP contribution >= 0.6 is 12.4 Å². The smallest absolute Gasteiger partial charge is 0.340 e. The minimum absolute atomic E-state index is 0. The molecule has 0 spiro atoms. The van der Waals surface area contributed by atoms with Gasteiger partial charge in [0.15, 0.2) is 5.78 Å². The predicted octanol–water partition coefficient (Wildman–Crippen LogP) is 1.01. The molecule has 1 saturated heterocycles. The number of piperazine rings is 1. The molecule has 3 aliphatic rings. The maximum absolute atomic E-state index is 15.4. The number of Topliss-reactive ketones (excluding diaryl/α,β-unsaturated/α-hetero) is 1. The molecule has 1 aliphatic carbocycles. The monoisotopic (exact) mass is 393 g/mol. The Balaban J connectivity index is 0.00000243. The van der Waals surface area contributed by atoms with E-state index in [1.165, 1.54) is 6.20 Å². The van der Waals surface area contributed by atoms with E-state index in [9.17, 15) is 19.1 Å². The van der Waals surface area contributed by atoms with Crippen LogP contribution in [-0.2, 0) is 9.59 Å². The summed E-state index contributed by atoms with van der Waals surface area (Å²) < 4.78 is 30.3. The van der Waals surface area contributed by atoms with Crippen molar-refractivity contribution in [3.8, 4) is 0 Å². The zero-order chi connectivity index (χ0) is 18.3. The Labute approximate surface area is 158 Å². The van der Waals surface area contributed by atoms with Gasteiger partial charge in [0.1, 0.15) is 17.9 Å². The molecule has 6 unspecified atom stereocenters. The highest BCUT2D eigenvalue weighted by molar-refractivity contribution is 6.18. The lowest BCUT2D eigenvalue weighted by Gasteiger charge is -2.51. The summed E-state index contributed by atoms with van der Waals surface area (Å²) in [5, 5.41) is 12.5. The topological polar surface area (TPSA) is 72.9 Å². The molecule has 0 aromatic carbocycles. The van der Waals surface area contributed by atoms with Crippen LogP contribution in [0.25, 0.3) is 0 Å². The zero-order valence-electron chi connectivity index (χ0n) is 14.9. The summed E-state index contributed by atoms with van der Waals surface area (Å²) >= 11 is 0. The zero-order valence-corrected chi connectivity index (χ0v) is 15.7. The number of fused-ring (bicyclic) bond motifs is 1. The van der Waals surface area contributed by atoms with Crippen molar-refractivity contribution < 1.29 is 23.5 Å². The molecule has 6 atom stereocenters. The Morgan fingerprint density at radius 3 is 2.65 bits per heavy atom. The average molecular weight is 394 g/mol. The van der Waals surface area contributed by atoms with Gasteiger partial charge >= 0.3 is 5.97 Å². The van der Waals surface area contributed by atoms with Crippen LogP contribution in [0.15, 0.2) is 11.8 Å². The highest BCUT2D eigenvalue weighted by atomic mass is 35.5. The van der Waals surface area contributed by atoms with Gasteiger partial charge in [-0.2, -0.15) is 0 Å². The Morgan fingerprint density at radius 1 is 1.38 bits per heavy atom. The molecule has 9 heteroatoms. The summed E-state index contributed by atoms with van der Waals surface area (Å²) in [6.07, 6.45) is -1.94. The van der Waals surface area contributed by atoms with Gasteiger partial charge in [0.2, 0.25) is 0 Å². The van der Waals surface area contributed by atoms with Gasteiger partial charge in [-0.3, -0.25) is 9.69 Å². The van der Waals surface area contributed by atoms with E-state index >= 15 is 4.39 Å². The van der Waals surface area contributed by atoms with E-state index in [0.29, 0.717) is 26.2 Å². The van der Waals surface area contributed by atoms with Gasteiger partial charge in [-0.25, -0.2) is 13.6 Å². The van der Waals surface area contributed by atoms with Crippen molar-refractivity contribution in [2.45, 2.75) is 50.7 Å². The predicted molar refractivity (Wildman–Crippen MR) is 94.9 cm³/mol. The lowest BCUT2D eigenvalue weighted by molar-refractivity contribution is -0.140. The maximum Gasteiger partial charge on any atom is 0.340 e. The molecular weight excluding hydrogens is 368 g/mol. The third kappa shape index (κ3) is 3.59. The molecule has 26 heavy (non-hydrogen) atoms. The van der Waals surface area contributed by atoms with Crippen molar-refractivity contribution in [2.75, 3.05) is 26.2 Å². The van der Waals surface area contributed by atoms with E-state index in [0.717, 1.165) is 0 Å². The summed E-state index contributed by atoms with van der Waals surface area (Å²) in [6, 6.07) is -1.55. The van der Waals surface area contributed by atoms with Crippen LogP contribution in [0.2, 0.25) is 0 Å². The van der Waals surface area contributed by atoms with Crippen molar-refractivity contribution in [3.05, 3.63) is 11.8 Å². The second-order valence-electron chi connectivity index (χ2n) is 7.18. The molecule has 1 saturated carbocycles. The number of hydrogen-bond acceptors (Lipinski definition) is 5. The number of hydrogen-bond donors (Lipinski definition) is 2. The Morgan fingerprint density at radius 2 is 2.08 bits per heavy atom. The molecule has 0 aromatic heterocycles. The van der Waals surface area contributed by atoms with Crippen molar-refractivity contribution >= 4 is 24.2 Å². The first-order valence-electron chi connectivity index (χ1n) is 8.85. The van der Waals surface area contributed by atoms with Gasteiger partial charge in [-0.15, -0.1) is 12.4 Å². The lowest BCUT2D eigenvalue weighted by Crippen LogP contribution is -2.67. The molecule has 0 aromatic rings. The van der Waals surface area contributed by atoms with E-state index in [4.69, 9.17) is 0 Å². The molecule has 2 aliphatic heterocycles. The highest BCUT2D eigenvalue weighted by Crippen LogP contribution is 2.40. The molecule has 148 valence electrons. The summed E-state index contributed by atoms with van der Waals surface area (Å²) in [7, 11) is 0. The van der Waals surface area contributed by atoms with Gasteiger partial charge in [-0.05, 0) is 20.3 Å². The number of nitrogens with one attached hydrogen (secondary N) is 1. The molecule has 2 heterocycles.